The quantitative estimate of drug-likeness (QED) is 0.594. The zero-order valence-electron chi connectivity index (χ0n) is 10.3. The molecule has 0 saturated heterocycles. The Bertz CT molecular complexity index is 549. The maximum Gasteiger partial charge on any atom is 0.331 e. The Morgan fingerprint density at radius 1 is 1.39 bits per heavy atom. The van der Waals surface area contributed by atoms with Crippen molar-refractivity contribution in [1.29, 1.82) is 0 Å². The molecular weight excluding hydrogens is 254 g/mol. The summed E-state index contributed by atoms with van der Waals surface area (Å²) in [6.45, 7) is 3.20. The SMILES string of the molecule is C=CC(=O)OCS(=O)(=O)c1ccccc1N(C)C. The topological polar surface area (TPSA) is 63.7 Å². The molecule has 0 unspecified atom stereocenters. The zero-order valence-corrected chi connectivity index (χ0v) is 11.1. The summed E-state index contributed by atoms with van der Waals surface area (Å²) in [6, 6.07) is 6.52. The molecule has 0 fully saturated rings. The van der Waals surface area contributed by atoms with E-state index in [4.69, 9.17) is 0 Å². The zero-order chi connectivity index (χ0) is 13.8. The molecule has 0 aliphatic heterocycles. The average molecular weight is 269 g/mol. The van der Waals surface area contributed by atoms with E-state index in [-0.39, 0.29) is 4.90 Å². The van der Waals surface area contributed by atoms with E-state index in [1.165, 1.54) is 6.07 Å². The molecule has 0 radical (unpaired) electrons. The highest BCUT2D eigenvalue weighted by molar-refractivity contribution is 7.91. The number of para-hydroxylation sites is 1. The lowest BCUT2D eigenvalue weighted by molar-refractivity contribution is -0.135. The Kier molecular flexibility index (Phi) is 4.49. The van der Waals surface area contributed by atoms with Gasteiger partial charge in [-0.1, -0.05) is 18.7 Å². The molecule has 0 atom stereocenters. The molecule has 5 nitrogen and oxygen atoms in total. The molecule has 1 aromatic rings. The number of hydrogen-bond donors (Lipinski definition) is 0. The van der Waals surface area contributed by atoms with Crippen molar-refractivity contribution in [3.8, 4) is 0 Å². The first kappa shape index (κ1) is 14.2. The molecule has 98 valence electrons. The minimum absolute atomic E-state index is 0.131. The average Bonchev–Trinajstić information content (AvgIpc) is 2.36. The lowest BCUT2D eigenvalue weighted by Gasteiger charge is -2.17. The molecule has 0 N–H and O–H groups in total. The molecular formula is C12H15NO4S. The van der Waals surface area contributed by atoms with Gasteiger partial charge in [0.15, 0.2) is 5.94 Å². The molecule has 0 heterocycles. The van der Waals surface area contributed by atoms with Crippen molar-refractivity contribution in [2.45, 2.75) is 4.90 Å². The van der Waals surface area contributed by atoms with Crippen LogP contribution in [0.15, 0.2) is 41.8 Å². The summed E-state index contributed by atoms with van der Waals surface area (Å²) in [5.74, 6) is -1.45. The van der Waals surface area contributed by atoms with Gasteiger partial charge in [-0.25, -0.2) is 13.2 Å². The third kappa shape index (κ3) is 3.33. The van der Waals surface area contributed by atoms with Crippen LogP contribution in [0.2, 0.25) is 0 Å². The lowest BCUT2D eigenvalue weighted by Crippen LogP contribution is -2.18. The number of anilines is 1. The highest BCUT2D eigenvalue weighted by atomic mass is 32.2. The van der Waals surface area contributed by atoms with Crippen molar-refractivity contribution >= 4 is 21.5 Å². The monoisotopic (exact) mass is 269 g/mol. The van der Waals surface area contributed by atoms with Crippen molar-refractivity contribution in [3.05, 3.63) is 36.9 Å². The number of sulfone groups is 1. The van der Waals surface area contributed by atoms with Gasteiger partial charge in [-0.05, 0) is 12.1 Å². The van der Waals surface area contributed by atoms with Gasteiger partial charge in [0, 0.05) is 20.2 Å². The molecule has 6 heteroatoms. The van der Waals surface area contributed by atoms with Crippen LogP contribution in [0.1, 0.15) is 0 Å². The van der Waals surface area contributed by atoms with E-state index in [2.05, 4.69) is 11.3 Å². The van der Waals surface area contributed by atoms with E-state index >= 15 is 0 Å². The van der Waals surface area contributed by atoms with Gasteiger partial charge in [-0.2, -0.15) is 0 Å². The molecule has 0 bridgehead atoms. The fraction of sp³-hybridized carbons (Fsp3) is 0.250. The number of ether oxygens (including phenoxy) is 1. The Morgan fingerprint density at radius 2 is 2.00 bits per heavy atom. The van der Waals surface area contributed by atoms with Crippen LogP contribution in [0.4, 0.5) is 5.69 Å². The largest absolute Gasteiger partial charge is 0.446 e. The molecule has 0 amide bonds. The van der Waals surface area contributed by atoms with Gasteiger partial charge in [-0.3, -0.25) is 0 Å². The van der Waals surface area contributed by atoms with Crippen LogP contribution >= 0.6 is 0 Å². The summed E-state index contributed by atoms with van der Waals surface area (Å²) < 4.78 is 28.7. The summed E-state index contributed by atoms with van der Waals surface area (Å²) in [4.78, 5) is 12.7. The number of carbonyl (C=O) groups is 1. The number of hydrogen-bond acceptors (Lipinski definition) is 5. The highest BCUT2D eigenvalue weighted by Gasteiger charge is 2.20. The van der Waals surface area contributed by atoms with E-state index in [9.17, 15) is 13.2 Å². The Labute approximate surface area is 107 Å². The summed E-state index contributed by atoms with van der Waals surface area (Å²) in [5, 5.41) is 0. The van der Waals surface area contributed by atoms with E-state index < -0.39 is 21.7 Å². The van der Waals surface area contributed by atoms with Crippen molar-refractivity contribution in [2.24, 2.45) is 0 Å². The van der Waals surface area contributed by atoms with Crippen LogP contribution < -0.4 is 4.90 Å². The summed E-state index contributed by atoms with van der Waals surface area (Å²) in [6.07, 6.45) is 0.924. The minimum Gasteiger partial charge on any atom is -0.446 e. The molecule has 18 heavy (non-hydrogen) atoms. The van der Waals surface area contributed by atoms with Crippen LogP contribution in [0.5, 0.6) is 0 Å². The smallest absolute Gasteiger partial charge is 0.331 e. The van der Waals surface area contributed by atoms with Gasteiger partial charge >= 0.3 is 5.97 Å². The molecule has 0 aliphatic carbocycles. The fourth-order valence-corrected chi connectivity index (χ4v) is 2.60. The maximum absolute atomic E-state index is 12.0. The van der Waals surface area contributed by atoms with Crippen molar-refractivity contribution < 1.29 is 17.9 Å². The lowest BCUT2D eigenvalue weighted by atomic mass is 10.3. The number of benzene rings is 1. The fourth-order valence-electron chi connectivity index (χ4n) is 1.35. The third-order valence-electron chi connectivity index (χ3n) is 2.21. The first-order valence-electron chi connectivity index (χ1n) is 5.17. The van der Waals surface area contributed by atoms with Crippen molar-refractivity contribution in [3.63, 3.8) is 0 Å². The molecule has 0 saturated carbocycles. The predicted molar refractivity (Wildman–Crippen MR) is 69.1 cm³/mol. The van der Waals surface area contributed by atoms with E-state index in [0.29, 0.717) is 5.69 Å². The third-order valence-corrected chi connectivity index (χ3v) is 3.65. The van der Waals surface area contributed by atoms with Gasteiger partial charge < -0.3 is 9.64 Å². The van der Waals surface area contributed by atoms with Crippen molar-refractivity contribution in [1.82, 2.24) is 0 Å². The number of nitrogens with zero attached hydrogens (tertiary/aromatic N) is 1. The van der Waals surface area contributed by atoms with Crippen LogP contribution in [0.3, 0.4) is 0 Å². The van der Waals surface area contributed by atoms with E-state index in [0.717, 1.165) is 6.08 Å². The molecule has 0 aliphatic rings. The number of rotatable bonds is 5. The van der Waals surface area contributed by atoms with Crippen LogP contribution in [-0.4, -0.2) is 34.4 Å². The van der Waals surface area contributed by atoms with Crippen LogP contribution in [-0.2, 0) is 19.4 Å². The second kappa shape index (κ2) is 5.68. The number of esters is 1. The van der Waals surface area contributed by atoms with Gasteiger partial charge in [0.1, 0.15) is 0 Å². The normalized spacial score (nSPS) is 10.8. The van der Waals surface area contributed by atoms with Gasteiger partial charge in [0.05, 0.1) is 10.6 Å². The summed E-state index contributed by atoms with van der Waals surface area (Å²) >= 11 is 0. The Hall–Kier alpha value is -1.82. The van der Waals surface area contributed by atoms with Crippen molar-refractivity contribution in [2.75, 3.05) is 24.9 Å². The van der Waals surface area contributed by atoms with Crippen LogP contribution in [0.25, 0.3) is 0 Å². The Morgan fingerprint density at radius 3 is 2.56 bits per heavy atom. The first-order valence-corrected chi connectivity index (χ1v) is 6.82. The van der Waals surface area contributed by atoms with E-state index in [1.54, 1.807) is 37.2 Å². The number of carbonyl (C=O) groups excluding carboxylic acids is 1. The highest BCUT2D eigenvalue weighted by Crippen LogP contribution is 2.24. The molecule has 1 rings (SSSR count). The Balaban J connectivity index is 3.05. The molecule has 0 aromatic heterocycles. The molecule has 1 aromatic carbocycles. The minimum atomic E-state index is -3.67. The summed E-state index contributed by atoms with van der Waals surface area (Å²) in [7, 11) is -0.193. The molecule has 0 spiro atoms. The predicted octanol–water partition coefficient (Wildman–Crippen LogP) is 1.21. The second-order valence-corrected chi connectivity index (χ2v) is 5.67. The van der Waals surface area contributed by atoms with Crippen LogP contribution in [0, 0.1) is 0 Å². The van der Waals surface area contributed by atoms with Gasteiger partial charge in [-0.15, -0.1) is 0 Å². The first-order chi connectivity index (χ1) is 8.38. The van der Waals surface area contributed by atoms with E-state index in [1.807, 2.05) is 0 Å². The van der Waals surface area contributed by atoms with Gasteiger partial charge in [0.25, 0.3) is 0 Å². The summed E-state index contributed by atoms with van der Waals surface area (Å²) in [5.41, 5.74) is 0.548. The van der Waals surface area contributed by atoms with Gasteiger partial charge in [0.2, 0.25) is 9.84 Å². The maximum atomic E-state index is 12.0. The second-order valence-electron chi connectivity index (χ2n) is 3.76. The standard InChI is InChI=1S/C12H15NO4S/c1-4-12(14)17-9-18(15,16)11-8-6-5-7-10(11)13(2)3/h4-8H,1,9H2,2-3H3.